The van der Waals surface area contributed by atoms with Crippen LogP contribution in [0.5, 0.6) is 0 Å². The third-order valence-corrected chi connectivity index (χ3v) is 4.10. The number of nitriles is 1. The SMILES string of the molecule is CN(c1cccnn1)C1CCN(c2cccc(C#N)n2)CC1. The lowest BCUT2D eigenvalue weighted by molar-refractivity contribution is 0.477. The number of hydrogen-bond donors (Lipinski definition) is 0. The first-order chi connectivity index (χ1) is 10.8. The van der Waals surface area contributed by atoms with Gasteiger partial charge in [-0.3, -0.25) is 0 Å². The highest BCUT2D eigenvalue weighted by molar-refractivity contribution is 5.43. The van der Waals surface area contributed by atoms with E-state index in [1.54, 1.807) is 12.3 Å². The fourth-order valence-corrected chi connectivity index (χ4v) is 2.81. The van der Waals surface area contributed by atoms with Crippen LogP contribution in [0.25, 0.3) is 0 Å². The summed E-state index contributed by atoms with van der Waals surface area (Å²) in [6.07, 6.45) is 3.75. The minimum atomic E-state index is 0.451. The zero-order chi connectivity index (χ0) is 15.4. The quantitative estimate of drug-likeness (QED) is 0.860. The Hall–Kier alpha value is -2.68. The van der Waals surface area contributed by atoms with Gasteiger partial charge in [0, 0.05) is 32.4 Å². The van der Waals surface area contributed by atoms with Crippen molar-refractivity contribution in [2.75, 3.05) is 29.9 Å². The molecule has 0 saturated carbocycles. The third-order valence-electron chi connectivity index (χ3n) is 4.10. The lowest BCUT2D eigenvalue weighted by Crippen LogP contribution is -2.44. The molecule has 0 N–H and O–H groups in total. The van der Waals surface area contributed by atoms with E-state index in [-0.39, 0.29) is 0 Å². The molecule has 6 nitrogen and oxygen atoms in total. The highest BCUT2D eigenvalue weighted by atomic mass is 15.3. The number of hydrogen-bond acceptors (Lipinski definition) is 6. The smallest absolute Gasteiger partial charge is 0.151 e. The van der Waals surface area contributed by atoms with E-state index in [2.05, 4.69) is 38.1 Å². The first-order valence-corrected chi connectivity index (χ1v) is 7.40. The highest BCUT2D eigenvalue weighted by Crippen LogP contribution is 2.23. The van der Waals surface area contributed by atoms with Crippen molar-refractivity contribution < 1.29 is 0 Å². The molecule has 0 unspecified atom stereocenters. The molecule has 22 heavy (non-hydrogen) atoms. The third kappa shape index (κ3) is 2.98. The summed E-state index contributed by atoms with van der Waals surface area (Å²) in [6.45, 7) is 1.86. The second-order valence-electron chi connectivity index (χ2n) is 5.40. The van der Waals surface area contributed by atoms with Crippen molar-refractivity contribution in [1.82, 2.24) is 15.2 Å². The summed E-state index contributed by atoms with van der Waals surface area (Å²) in [7, 11) is 2.07. The fourth-order valence-electron chi connectivity index (χ4n) is 2.81. The topological polar surface area (TPSA) is 68.9 Å². The Balaban J connectivity index is 1.64. The molecule has 1 fully saturated rings. The van der Waals surface area contributed by atoms with Crippen LogP contribution in [0.2, 0.25) is 0 Å². The van der Waals surface area contributed by atoms with E-state index < -0.39 is 0 Å². The molecule has 0 bridgehead atoms. The predicted molar refractivity (Wildman–Crippen MR) is 84.6 cm³/mol. The zero-order valence-corrected chi connectivity index (χ0v) is 12.6. The molecule has 0 aliphatic carbocycles. The van der Waals surface area contributed by atoms with Crippen molar-refractivity contribution in [2.24, 2.45) is 0 Å². The largest absolute Gasteiger partial charge is 0.356 e. The van der Waals surface area contributed by atoms with Crippen LogP contribution >= 0.6 is 0 Å². The van der Waals surface area contributed by atoms with Crippen molar-refractivity contribution in [3.8, 4) is 6.07 Å². The van der Waals surface area contributed by atoms with Crippen LogP contribution in [-0.2, 0) is 0 Å². The molecule has 1 saturated heterocycles. The van der Waals surface area contributed by atoms with Gasteiger partial charge in [-0.2, -0.15) is 10.4 Å². The molecule has 0 radical (unpaired) electrons. The van der Waals surface area contributed by atoms with E-state index in [1.807, 2.05) is 24.3 Å². The second-order valence-corrected chi connectivity index (χ2v) is 5.40. The predicted octanol–water partition coefficient (Wildman–Crippen LogP) is 1.85. The van der Waals surface area contributed by atoms with Crippen molar-refractivity contribution in [3.05, 3.63) is 42.2 Å². The molecule has 1 aliphatic heterocycles. The van der Waals surface area contributed by atoms with E-state index >= 15 is 0 Å². The maximum absolute atomic E-state index is 8.95. The van der Waals surface area contributed by atoms with Crippen molar-refractivity contribution in [2.45, 2.75) is 18.9 Å². The molecular formula is C16H18N6. The number of nitrogens with zero attached hydrogens (tertiary/aromatic N) is 6. The number of aromatic nitrogens is 3. The van der Waals surface area contributed by atoms with Gasteiger partial charge >= 0.3 is 0 Å². The number of pyridine rings is 1. The van der Waals surface area contributed by atoms with Gasteiger partial charge in [0.25, 0.3) is 0 Å². The number of piperidine rings is 1. The monoisotopic (exact) mass is 294 g/mol. The molecule has 6 heteroatoms. The molecule has 3 rings (SSSR count). The van der Waals surface area contributed by atoms with Gasteiger partial charge in [-0.15, -0.1) is 5.10 Å². The maximum Gasteiger partial charge on any atom is 0.151 e. The minimum absolute atomic E-state index is 0.451. The van der Waals surface area contributed by atoms with Gasteiger partial charge in [0.15, 0.2) is 5.82 Å². The highest BCUT2D eigenvalue weighted by Gasteiger charge is 2.24. The van der Waals surface area contributed by atoms with Crippen LogP contribution in [-0.4, -0.2) is 41.4 Å². The zero-order valence-electron chi connectivity index (χ0n) is 12.6. The van der Waals surface area contributed by atoms with Crippen LogP contribution in [0.3, 0.4) is 0 Å². The number of anilines is 2. The summed E-state index contributed by atoms with van der Waals surface area (Å²) in [4.78, 5) is 8.81. The molecule has 3 heterocycles. The van der Waals surface area contributed by atoms with Gasteiger partial charge in [-0.1, -0.05) is 6.07 Å². The van der Waals surface area contributed by atoms with Crippen LogP contribution in [0.4, 0.5) is 11.6 Å². The Morgan fingerprint density at radius 2 is 2.05 bits per heavy atom. The van der Waals surface area contributed by atoms with Crippen molar-refractivity contribution >= 4 is 11.6 Å². The molecule has 1 aliphatic rings. The average Bonchev–Trinajstić information content (AvgIpc) is 2.62. The fraction of sp³-hybridized carbons (Fsp3) is 0.375. The van der Waals surface area contributed by atoms with E-state index in [1.165, 1.54) is 0 Å². The maximum atomic E-state index is 8.95. The first kappa shape index (κ1) is 14.3. The van der Waals surface area contributed by atoms with Crippen molar-refractivity contribution in [3.63, 3.8) is 0 Å². The second kappa shape index (κ2) is 6.39. The Kier molecular flexibility index (Phi) is 4.15. The summed E-state index contributed by atoms with van der Waals surface area (Å²) in [5, 5.41) is 17.1. The first-order valence-electron chi connectivity index (χ1n) is 7.40. The van der Waals surface area contributed by atoms with Crippen molar-refractivity contribution in [1.29, 1.82) is 5.26 Å². The summed E-state index contributed by atoms with van der Waals surface area (Å²) < 4.78 is 0. The lowest BCUT2D eigenvalue weighted by atomic mass is 10.0. The van der Waals surface area contributed by atoms with Crippen LogP contribution in [0, 0.1) is 11.3 Å². The van der Waals surface area contributed by atoms with E-state index in [0.717, 1.165) is 37.6 Å². The summed E-state index contributed by atoms with van der Waals surface area (Å²) in [5.41, 5.74) is 0.469. The average molecular weight is 294 g/mol. The minimum Gasteiger partial charge on any atom is -0.356 e. The van der Waals surface area contributed by atoms with E-state index in [9.17, 15) is 0 Å². The van der Waals surface area contributed by atoms with Gasteiger partial charge in [-0.05, 0) is 37.1 Å². The molecule has 112 valence electrons. The Labute approximate surface area is 130 Å². The molecule has 0 atom stereocenters. The van der Waals surface area contributed by atoms with Crippen LogP contribution in [0.15, 0.2) is 36.5 Å². The molecule has 2 aromatic rings. The van der Waals surface area contributed by atoms with Gasteiger partial charge in [0.2, 0.25) is 0 Å². The molecular weight excluding hydrogens is 276 g/mol. The lowest BCUT2D eigenvalue weighted by Gasteiger charge is -2.37. The number of rotatable bonds is 3. The molecule has 0 spiro atoms. The van der Waals surface area contributed by atoms with Gasteiger partial charge < -0.3 is 9.80 Å². The molecule has 2 aromatic heterocycles. The summed E-state index contributed by atoms with van der Waals surface area (Å²) >= 11 is 0. The van der Waals surface area contributed by atoms with Gasteiger partial charge in [-0.25, -0.2) is 4.98 Å². The Bertz CT molecular complexity index is 658. The van der Waals surface area contributed by atoms with Gasteiger partial charge in [0.1, 0.15) is 17.6 Å². The van der Waals surface area contributed by atoms with Gasteiger partial charge in [0.05, 0.1) is 0 Å². The van der Waals surface area contributed by atoms with Crippen LogP contribution < -0.4 is 9.80 Å². The standard InChI is InChI=1S/C16H18N6/c1-21(16-6-3-9-18-20-16)14-7-10-22(11-8-14)15-5-2-4-13(12-17)19-15/h2-6,9,14H,7-8,10-11H2,1H3. The summed E-state index contributed by atoms with van der Waals surface area (Å²) in [5.74, 6) is 1.80. The Morgan fingerprint density at radius 3 is 2.73 bits per heavy atom. The van der Waals surface area contributed by atoms with E-state index in [4.69, 9.17) is 5.26 Å². The molecule has 0 amide bonds. The van der Waals surface area contributed by atoms with E-state index in [0.29, 0.717) is 11.7 Å². The normalized spacial score (nSPS) is 15.4. The Morgan fingerprint density at radius 1 is 1.23 bits per heavy atom. The van der Waals surface area contributed by atoms with Crippen LogP contribution in [0.1, 0.15) is 18.5 Å². The summed E-state index contributed by atoms with van der Waals surface area (Å²) in [6, 6.07) is 12.0. The molecule has 0 aromatic carbocycles.